The number of piperidine rings is 1. The predicted octanol–water partition coefficient (Wildman–Crippen LogP) is 4.73. The lowest BCUT2D eigenvalue weighted by Gasteiger charge is -2.43. The molecule has 2 heterocycles. The van der Waals surface area contributed by atoms with E-state index in [9.17, 15) is 14.4 Å². The molecule has 1 saturated carbocycles. The lowest BCUT2D eigenvalue weighted by Crippen LogP contribution is -2.56. The number of pyridine rings is 1. The largest absolute Gasteiger partial charge is 0.462 e. The summed E-state index contributed by atoms with van der Waals surface area (Å²) in [5, 5.41) is 3.68. The van der Waals surface area contributed by atoms with E-state index in [1.165, 1.54) is 0 Å². The number of hydrogen-bond donors (Lipinski definition) is 2. The van der Waals surface area contributed by atoms with E-state index in [1.807, 2.05) is 25.3 Å². The van der Waals surface area contributed by atoms with Crippen LogP contribution in [0.15, 0.2) is 17.1 Å². The fourth-order valence-electron chi connectivity index (χ4n) is 5.01. The van der Waals surface area contributed by atoms with Gasteiger partial charge in [0.15, 0.2) is 0 Å². The Hall–Kier alpha value is -2.94. The molecule has 1 amide bonds. The summed E-state index contributed by atoms with van der Waals surface area (Å²) in [5.41, 5.74) is 6.98. The summed E-state index contributed by atoms with van der Waals surface area (Å²) < 4.78 is 12.5. The number of benzene rings is 1. The fraction of sp³-hybridized carbons (Fsp3) is 0.593. The molecule has 4 rings (SSSR count). The minimum atomic E-state index is -0.655. The van der Waals surface area contributed by atoms with E-state index < -0.39 is 23.1 Å². The number of alkyl carbamates (subject to hydrolysis) is 1. The van der Waals surface area contributed by atoms with Crippen molar-refractivity contribution in [3.8, 4) is 0 Å². The highest BCUT2D eigenvalue weighted by molar-refractivity contribution is 6.38. The number of ether oxygens (including phenoxy) is 2. The molecule has 9 nitrogen and oxygen atoms in total. The second kappa shape index (κ2) is 10.1. The Morgan fingerprint density at radius 2 is 1.89 bits per heavy atom. The number of anilines is 2. The number of carbonyl (C=O) groups excluding carboxylic acids is 2. The summed E-state index contributed by atoms with van der Waals surface area (Å²) in [6.45, 7) is 12.7. The van der Waals surface area contributed by atoms with Gasteiger partial charge in [0.2, 0.25) is 5.43 Å². The van der Waals surface area contributed by atoms with Crippen LogP contribution in [0.25, 0.3) is 10.9 Å². The minimum absolute atomic E-state index is 0.0217. The maximum atomic E-state index is 13.3. The SMILES string of the molecule is CCOC(=O)c1cn(C2CC2)c2c(Cl)c(N3C[C@@H](C)[C@@H](C)[C@H](NC(=O)OC(C)(C)C)C3)c(N)cc2c1=O. The van der Waals surface area contributed by atoms with Crippen molar-refractivity contribution in [2.45, 2.75) is 72.1 Å². The number of halogens is 1. The quantitative estimate of drug-likeness (QED) is 0.422. The lowest BCUT2D eigenvalue weighted by atomic mass is 9.84. The number of esters is 1. The van der Waals surface area contributed by atoms with E-state index in [0.29, 0.717) is 40.4 Å². The summed E-state index contributed by atoms with van der Waals surface area (Å²) in [7, 11) is 0. The monoisotopic (exact) mass is 532 g/mol. The summed E-state index contributed by atoms with van der Waals surface area (Å²) >= 11 is 7.04. The average Bonchev–Trinajstić information content (AvgIpc) is 3.62. The van der Waals surface area contributed by atoms with Crippen molar-refractivity contribution in [3.05, 3.63) is 33.1 Å². The zero-order chi connectivity index (χ0) is 27.2. The minimum Gasteiger partial charge on any atom is -0.462 e. The molecule has 37 heavy (non-hydrogen) atoms. The topological polar surface area (TPSA) is 116 Å². The van der Waals surface area contributed by atoms with Crippen LogP contribution in [0.3, 0.4) is 0 Å². The average molecular weight is 533 g/mol. The third-order valence-electron chi connectivity index (χ3n) is 7.17. The Morgan fingerprint density at radius 3 is 2.49 bits per heavy atom. The number of hydrogen-bond acceptors (Lipinski definition) is 7. The molecule has 2 fully saturated rings. The van der Waals surface area contributed by atoms with Crippen molar-refractivity contribution in [2.24, 2.45) is 11.8 Å². The first-order valence-corrected chi connectivity index (χ1v) is 13.3. The van der Waals surface area contributed by atoms with Gasteiger partial charge in [0.25, 0.3) is 0 Å². The number of nitrogen functional groups attached to an aromatic ring is 1. The maximum absolute atomic E-state index is 13.3. The molecule has 10 heteroatoms. The van der Waals surface area contributed by atoms with Crippen LogP contribution in [0, 0.1) is 11.8 Å². The summed E-state index contributed by atoms with van der Waals surface area (Å²) in [4.78, 5) is 40.4. The number of rotatable bonds is 5. The fourth-order valence-corrected chi connectivity index (χ4v) is 5.43. The van der Waals surface area contributed by atoms with Crippen LogP contribution in [0.5, 0.6) is 0 Å². The van der Waals surface area contributed by atoms with Crippen LogP contribution in [-0.4, -0.2) is 48.0 Å². The number of nitrogens with zero attached hydrogens (tertiary/aromatic N) is 2. The van der Waals surface area contributed by atoms with E-state index in [0.717, 1.165) is 12.8 Å². The molecular weight excluding hydrogens is 496 g/mol. The number of nitrogens with two attached hydrogens (primary N) is 1. The van der Waals surface area contributed by atoms with Gasteiger partial charge in [0, 0.05) is 25.3 Å². The van der Waals surface area contributed by atoms with E-state index in [1.54, 1.807) is 19.2 Å². The summed E-state index contributed by atoms with van der Waals surface area (Å²) in [6, 6.07) is 1.56. The van der Waals surface area contributed by atoms with Crippen LogP contribution in [0.2, 0.25) is 5.02 Å². The van der Waals surface area contributed by atoms with Gasteiger partial charge in [0.1, 0.15) is 11.2 Å². The molecule has 0 radical (unpaired) electrons. The molecule has 0 bridgehead atoms. The molecule has 1 aliphatic carbocycles. The van der Waals surface area contributed by atoms with Crippen molar-refractivity contribution < 1.29 is 19.1 Å². The molecule has 1 aromatic heterocycles. The first-order valence-electron chi connectivity index (χ1n) is 12.9. The van der Waals surface area contributed by atoms with Crippen molar-refractivity contribution in [1.82, 2.24) is 9.88 Å². The van der Waals surface area contributed by atoms with Crippen LogP contribution >= 0.6 is 11.6 Å². The Balaban J connectivity index is 1.77. The molecule has 1 aromatic carbocycles. The molecule has 3 atom stereocenters. The van der Waals surface area contributed by atoms with Gasteiger partial charge in [-0.25, -0.2) is 9.59 Å². The number of amides is 1. The second-order valence-electron chi connectivity index (χ2n) is 11.2. The van der Waals surface area contributed by atoms with Crippen LogP contribution in [-0.2, 0) is 9.47 Å². The zero-order valence-corrected chi connectivity index (χ0v) is 23.1. The molecule has 0 spiro atoms. The van der Waals surface area contributed by atoms with Gasteiger partial charge in [-0.1, -0.05) is 25.4 Å². The first-order chi connectivity index (χ1) is 17.3. The Kier molecular flexibility index (Phi) is 7.38. The van der Waals surface area contributed by atoms with Gasteiger partial charge >= 0.3 is 12.1 Å². The van der Waals surface area contributed by atoms with Crippen molar-refractivity contribution >= 4 is 45.9 Å². The van der Waals surface area contributed by atoms with Gasteiger partial charge in [-0.05, 0) is 58.4 Å². The van der Waals surface area contributed by atoms with Gasteiger partial charge in [0.05, 0.1) is 39.9 Å². The molecular formula is C27H37ClN4O5. The molecule has 202 valence electrons. The van der Waals surface area contributed by atoms with Crippen molar-refractivity contribution in [3.63, 3.8) is 0 Å². The van der Waals surface area contributed by atoms with E-state index in [-0.39, 0.29) is 36.1 Å². The standard InChI is InChI=1S/C27H37ClN4O5/c1-7-36-25(34)18-12-32(16-8-9-16)22-17(24(18)33)10-19(29)23(21(22)28)31-11-14(2)15(3)20(13-31)30-26(35)37-27(4,5)6/h10,12,14-16,20H,7-9,11,13,29H2,1-6H3,(H,30,35)/t14-,15-,20-/m1/s1. The second-order valence-corrected chi connectivity index (χ2v) is 11.6. The van der Waals surface area contributed by atoms with Gasteiger partial charge in [-0.15, -0.1) is 0 Å². The van der Waals surface area contributed by atoms with Crippen LogP contribution < -0.4 is 21.4 Å². The first kappa shape index (κ1) is 27.1. The number of carbonyl (C=O) groups is 2. The zero-order valence-electron chi connectivity index (χ0n) is 22.4. The Morgan fingerprint density at radius 1 is 1.22 bits per heavy atom. The summed E-state index contributed by atoms with van der Waals surface area (Å²) in [6.07, 6.45) is 2.96. The van der Waals surface area contributed by atoms with E-state index >= 15 is 0 Å². The maximum Gasteiger partial charge on any atom is 0.407 e. The summed E-state index contributed by atoms with van der Waals surface area (Å²) in [5.74, 6) is -0.241. The van der Waals surface area contributed by atoms with Crippen molar-refractivity contribution in [1.29, 1.82) is 0 Å². The van der Waals surface area contributed by atoms with E-state index in [4.69, 9.17) is 26.8 Å². The Labute approximate surface area is 222 Å². The highest BCUT2D eigenvalue weighted by atomic mass is 35.5. The third-order valence-corrected chi connectivity index (χ3v) is 7.53. The number of aromatic nitrogens is 1. The normalized spacial score (nSPS) is 22.1. The molecule has 1 saturated heterocycles. The van der Waals surface area contributed by atoms with E-state index in [2.05, 4.69) is 24.1 Å². The third kappa shape index (κ3) is 5.51. The molecule has 2 aliphatic rings. The van der Waals surface area contributed by atoms with Crippen LogP contribution in [0.1, 0.15) is 70.8 Å². The molecule has 2 aromatic rings. The number of nitrogens with one attached hydrogen (secondary N) is 1. The van der Waals surface area contributed by atoms with Gasteiger partial charge in [-0.3, -0.25) is 4.79 Å². The van der Waals surface area contributed by atoms with Gasteiger partial charge < -0.3 is 30.0 Å². The lowest BCUT2D eigenvalue weighted by molar-refractivity contribution is 0.0470. The smallest absolute Gasteiger partial charge is 0.407 e. The van der Waals surface area contributed by atoms with Gasteiger partial charge in [-0.2, -0.15) is 0 Å². The Bertz CT molecular complexity index is 1280. The predicted molar refractivity (Wildman–Crippen MR) is 146 cm³/mol. The molecule has 0 unspecified atom stereocenters. The number of fused-ring (bicyclic) bond motifs is 1. The van der Waals surface area contributed by atoms with Crippen LogP contribution in [0.4, 0.5) is 16.2 Å². The molecule has 1 aliphatic heterocycles. The molecule has 3 N–H and O–H groups in total. The van der Waals surface area contributed by atoms with Crippen molar-refractivity contribution in [2.75, 3.05) is 30.3 Å². The highest BCUT2D eigenvalue weighted by Gasteiger charge is 2.36. The highest BCUT2D eigenvalue weighted by Crippen LogP contribution is 2.44.